The van der Waals surface area contributed by atoms with Crippen molar-refractivity contribution >= 4 is 28.2 Å². The van der Waals surface area contributed by atoms with Gasteiger partial charge in [-0.25, -0.2) is 0 Å². The van der Waals surface area contributed by atoms with Crippen LogP contribution in [0.5, 0.6) is 0 Å². The number of hydrogen-bond acceptors (Lipinski definition) is 7. The van der Waals surface area contributed by atoms with Crippen molar-refractivity contribution in [2.75, 3.05) is 23.3 Å². The highest BCUT2D eigenvalue weighted by Gasteiger charge is 2.17. The highest BCUT2D eigenvalue weighted by Crippen LogP contribution is 2.32. The number of aromatic nitrogens is 4. The van der Waals surface area contributed by atoms with Crippen LogP contribution in [-0.4, -0.2) is 39.1 Å². The van der Waals surface area contributed by atoms with Crippen LogP contribution in [0.25, 0.3) is 22.3 Å². The molecule has 162 valence electrons. The van der Waals surface area contributed by atoms with Crippen molar-refractivity contribution in [1.82, 2.24) is 20.1 Å². The van der Waals surface area contributed by atoms with E-state index in [1.807, 2.05) is 30.3 Å². The summed E-state index contributed by atoms with van der Waals surface area (Å²) in [5, 5.41) is 8.01. The molecule has 3 aromatic heterocycles. The van der Waals surface area contributed by atoms with E-state index in [0.717, 1.165) is 40.9 Å². The monoisotopic (exact) mass is 428 g/mol. The van der Waals surface area contributed by atoms with Gasteiger partial charge in [0.05, 0.1) is 16.9 Å². The first-order valence-electron chi connectivity index (χ1n) is 10.9. The number of amides is 1. The molecule has 0 saturated carbocycles. The second kappa shape index (κ2) is 9.13. The molecule has 1 fully saturated rings. The molecule has 0 atom stereocenters. The first kappa shape index (κ1) is 20.1. The summed E-state index contributed by atoms with van der Waals surface area (Å²) in [7, 11) is 0. The number of carbonyl (C=O) groups is 1. The number of rotatable bonds is 7. The second-order valence-corrected chi connectivity index (χ2v) is 7.88. The van der Waals surface area contributed by atoms with E-state index in [9.17, 15) is 4.79 Å². The summed E-state index contributed by atoms with van der Waals surface area (Å²) in [5.41, 5.74) is 3.71. The van der Waals surface area contributed by atoms with Crippen molar-refractivity contribution in [3.8, 4) is 11.4 Å². The van der Waals surface area contributed by atoms with Gasteiger partial charge in [0.2, 0.25) is 17.6 Å². The topological polar surface area (TPSA) is 97.0 Å². The Bertz CT molecular complexity index is 1220. The minimum atomic E-state index is -0.0436. The van der Waals surface area contributed by atoms with Gasteiger partial charge in [-0.2, -0.15) is 4.98 Å². The van der Waals surface area contributed by atoms with E-state index < -0.39 is 0 Å². The summed E-state index contributed by atoms with van der Waals surface area (Å²) in [4.78, 5) is 28.0. The smallest absolute Gasteiger partial charge is 0.226 e. The van der Waals surface area contributed by atoms with Crippen LogP contribution in [0.15, 0.2) is 59.5 Å². The third kappa shape index (κ3) is 4.30. The van der Waals surface area contributed by atoms with E-state index in [4.69, 9.17) is 4.52 Å². The van der Waals surface area contributed by atoms with Crippen LogP contribution >= 0.6 is 0 Å². The lowest BCUT2D eigenvalue weighted by molar-refractivity contribution is -0.116. The van der Waals surface area contributed by atoms with E-state index in [1.54, 1.807) is 18.6 Å². The van der Waals surface area contributed by atoms with E-state index in [-0.39, 0.29) is 5.91 Å². The van der Waals surface area contributed by atoms with Gasteiger partial charge in [-0.3, -0.25) is 14.8 Å². The lowest BCUT2D eigenvalue weighted by Gasteiger charge is -2.20. The summed E-state index contributed by atoms with van der Waals surface area (Å²) in [6, 6.07) is 11.6. The highest BCUT2D eigenvalue weighted by atomic mass is 16.5. The van der Waals surface area contributed by atoms with Gasteiger partial charge in [0.15, 0.2) is 0 Å². The van der Waals surface area contributed by atoms with Gasteiger partial charge in [-0.1, -0.05) is 5.16 Å². The average molecular weight is 428 g/mol. The molecule has 1 saturated heterocycles. The molecule has 1 N–H and O–H groups in total. The van der Waals surface area contributed by atoms with Crippen LogP contribution in [0.1, 0.15) is 31.6 Å². The fourth-order valence-corrected chi connectivity index (χ4v) is 4.07. The molecule has 5 rings (SSSR count). The molecule has 1 aromatic carbocycles. The zero-order chi connectivity index (χ0) is 21.8. The number of aryl methyl sites for hydroxylation is 1. The van der Waals surface area contributed by atoms with Gasteiger partial charge in [0.1, 0.15) is 0 Å². The first-order valence-corrected chi connectivity index (χ1v) is 10.9. The highest BCUT2D eigenvalue weighted by molar-refractivity contribution is 6.05. The predicted octanol–water partition coefficient (Wildman–Crippen LogP) is 4.24. The third-order valence-electron chi connectivity index (χ3n) is 5.67. The van der Waals surface area contributed by atoms with Gasteiger partial charge in [-0.05, 0) is 55.7 Å². The lowest BCUT2D eigenvalue weighted by Crippen LogP contribution is -2.18. The molecular formula is C24H24N6O2. The second-order valence-electron chi connectivity index (χ2n) is 7.88. The van der Waals surface area contributed by atoms with Crippen LogP contribution < -0.4 is 10.2 Å². The van der Waals surface area contributed by atoms with Crippen molar-refractivity contribution in [3.63, 3.8) is 0 Å². The van der Waals surface area contributed by atoms with Gasteiger partial charge in [0, 0.05) is 55.5 Å². The summed E-state index contributed by atoms with van der Waals surface area (Å²) in [5.74, 6) is 1.01. The Morgan fingerprint density at radius 2 is 1.91 bits per heavy atom. The summed E-state index contributed by atoms with van der Waals surface area (Å²) in [6.07, 6.45) is 9.11. The molecule has 4 heterocycles. The van der Waals surface area contributed by atoms with Crippen LogP contribution in [0.3, 0.4) is 0 Å². The van der Waals surface area contributed by atoms with Gasteiger partial charge >= 0.3 is 0 Å². The standard InChI is InChI=1S/C24H24N6O2/c31-21(6-3-7-22-28-24(29-32-22)17-10-13-25-14-11-17)27-19-8-9-20(30-15-1-2-16-30)23-18(19)5-4-12-26-23/h4-5,8-14H,1-3,6-7,15-16H2,(H,27,31). The average Bonchev–Trinajstić information content (AvgIpc) is 3.53. The molecule has 1 aliphatic heterocycles. The Kier molecular flexibility index (Phi) is 5.74. The van der Waals surface area contributed by atoms with Crippen molar-refractivity contribution in [2.24, 2.45) is 0 Å². The normalized spacial score (nSPS) is 13.6. The number of benzene rings is 1. The molecule has 4 aromatic rings. The largest absolute Gasteiger partial charge is 0.370 e. The SMILES string of the molecule is O=C(CCCc1nc(-c2ccncc2)no1)Nc1ccc(N2CCCC2)c2ncccc12. The maximum Gasteiger partial charge on any atom is 0.226 e. The van der Waals surface area contributed by atoms with Crippen LogP contribution in [0, 0.1) is 0 Å². The Balaban J connectivity index is 1.21. The predicted molar refractivity (Wildman–Crippen MR) is 122 cm³/mol. The van der Waals surface area contributed by atoms with Crippen molar-refractivity contribution < 1.29 is 9.32 Å². The molecule has 1 amide bonds. The van der Waals surface area contributed by atoms with Gasteiger partial charge < -0.3 is 14.7 Å². The van der Waals surface area contributed by atoms with Gasteiger partial charge in [0.25, 0.3) is 0 Å². The number of pyridine rings is 2. The fourth-order valence-electron chi connectivity index (χ4n) is 4.07. The number of carbonyl (C=O) groups excluding carboxylic acids is 1. The molecule has 1 aliphatic rings. The Morgan fingerprint density at radius 3 is 2.75 bits per heavy atom. The molecule has 8 nitrogen and oxygen atoms in total. The Hall–Kier alpha value is -3.81. The summed E-state index contributed by atoms with van der Waals surface area (Å²) < 4.78 is 5.31. The molecule has 0 radical (unpaired) electrons. The Morgan fingerprint density at radius 1 is 1.06 bits per heavy atom. The lowest BCUT2D eigenvalue weighted by atomic mass is 10.1. The van der Waals surface area contributed by atoms with E-state index >= 15 is 0 Å². The Labute approximate surface area is 185 Å². The van der Waals surface area contributed by atoms with Crippen molar-refractivity contribution in [2.45, 2.75) is 32.1 Å². The van der Waals surface area contributed by atoms with Crippen LogP contribution in [0.4, 0.5) is 11.4 Å². The fraction of sp³-hybridized carbons (Fsp3) is 0.292. The van der Waals surface area contributed by atoms with Crippen molar-refractivity contribution in [1.29, 1.82) is 0 Å². The van der Waals surface area contributed by atoms with E-state index in [1.165, 1.54) is 12.8 Å². The molecule has 8 heteroatoms. The molecule has 0 bridgehead atoms. The summed E-state index contributed by atoms with van der Waals surface area (Å²) >= 11 is 0. The molecule has 0 spiro atoms. The minimum absolute atomic E-state index is 0.0436. The van der Waals surface area contributed by atoms with Crippen LogP contribution in [-0.2, 0) is 11.2 Å². The maximum atomic E-state index is 12.6. The quantitative estimate of drug-likeness (QED) is 0.470. The number of nitrogens with zero attached hydrogens (tertiary/aromatic N) is 5. The van der Waals surface area contributed by atoms with Gasteiger partial charge in [-0.15, -0.1) is 0 Å². The van der Waals surface area contributed by atoms with E-state index in [0.29, 0.717) is 31.0 Å². The molecule has 0 unspecified atom stereocenters. The number of hydrogen-bond donors (Lipinski definition) is 1. The zero-order valence-corrected chi connectivity index (χ0v) is 17.7. The van der Waals surface area contributed by atoms with E-state index in [2.05, 4.69) is 36.4 Å². The number of nitrogens with one attached hydrogen (secondary N) is 1. The molecule has 32 heavy (non-hydrogen) atoms. The molecule has 0 aliphatic carbocycles. The summed E-state index contributed by atoms with van der Waals surface area (Å²) in [6.45, 7) is 2.10. The van der Waals surface area contributed by atoms with Crippen molar-refractivity contribution in [3.05, 3.63) is 60.9 Å². The molecular weight excluding hydrogens is 404 g/mol. The third-order valence-corrected chi connectivity index (χ3v) is 5.67. The number of anilines is 2. The zero-order valence-electron chi connectivity index (χ0n) is 17.7. The minimum Gasteiger partial charge on any atom is -0.370 e. The van der Waals surface area contributed by atoms with Crippen LogP contribution in [0.2, 0.25) is 0 Å². The first-order chi connectivity index (χ1) is 15.8. The number of fused-ring (bicyclic) bond motifs is 1. The maximum absolute atomic E-state index is 12.6.